The van der Waals surface area contributed by atoms with E-state index in [-0.39, 0.29) is 10.8 Å². The van der Waals surface area contributed by atoms with E-state index in [1.165, 1.54) is 5.56 Å². The molecule has 1 N–H and O–H groups in total. The van der Waals surface area contributed by atoms with Crippen LogP contribution in [-0.2, 0) is 0 Å². The molecule has 0 saturated heterocycles. The molecule has 3 rings (SSSR count). The molecule has 0 spiro atoms. The second-order valence-electron chi connectivity index (χ2n) is 4.62. The van der Waals surface area contributed by atoms with Crippen LogP contribution >= 0.6 is 23.1 Å². The van der Waals surface area contributed by atoms with Crippen molar-refractivity contribution in [2.45, 2.75) is 24.3 Å². The van der Waals surface area contributed by atoms with E-state index < -0.39 is 0 Å². The first-order valence-corrected chi connectivity index (χ1v) is 8.05. The number of benzene rings is 1. The van der Waals surface area contributed by atoms with Gasteiger partial charge in [0, 0.05) is 10.1 Å². The molecule has 0 aliphatic rings. The van der Waals surface area contributed by atoms with E-state index in [2.05, 4.69) is 29.0 Å². The maximum atomic E-state index is 12.0. The van der Waals surface area contributed by atoms with Crippen LogP contribution in [-0.4, -0.2) is 9.97 Å². The van der Waals surface area contributed by atoms with Crippen LogP contribution in [0.4, 0.5) is 0 Å². The van der Waals surface area contributed by atoms with Crippen molar-refractivity contribution in [3.63, 3.8) is 0 Å². The van der Waals surface area contributed by atoms with Crippen LogP contribution in [0.1, 0.15) is 22.6 Å². The minimum absolute atomic E-state index is 0.0536. The first-order valence-electron chi connectivity index (χ1n) is 6.35. The fraction of sp³-hybridized carbons (Fsp3) is 0.200. The number of aromatic nitrogens is 2. The van der Waals surface area contributed by atoms with Gasteiger partial charge in [0.2, 0.25) is 0 Å². The molecule has 0 radical (unpaired) electrons. The molecule has 3 nitrogen and oxygen atoms in total. The molecule has 5 heteroatoms. The lowest BCUT2D eigenvalue weighted by Crippen LogP contribution is -2.08. The molecule has 0 aliphatic carbocycles. The van der Waals surface area contributed by atoms with Gasteiger partial charge in [0.25, 0.3) is 5.56 Å². The molecule has 2 aromatic heterocycles. The number of thioether (sulfide) groups is 1. The minimum Gasteiger partial charge on any atom is -0.301 e. The second-order valence-corrected chi connectivity index (χ2v) is 7.18. The summed E-state index contributed by atoms with van der Waals surface area (Å²) in [4.78, 5) is 21.4. The SMILES string of the molecule is Cc1cc2c(=O)[nH]c(SC(C)c3ccccc3)nc2s1. The molecule has 20 heavy (non-hydrogen) atoms. The number of hydrogen-bond acceptors (Lipinski definition) is 4. The molecule has 1 aromatic carbocycles. The van der Waals surface area contributed by atoms with Gasteiger partial charge in [-0.1, -0.05) is 42.1 Å². The third kappa shape index (κ3) is 2.64. The summed E-state index contributed by atoms with van der Waals surface area (Å²) in [5.74, 6) is 0. The van der Waals surface area contributed by atoms with Crippen LogP contribution in [0.5, 0.6) is 0 Å². The number of aryl methyl sites for hydroxylation is 1. The molecule has 0 bridgehead atoms. The van der Waals surface area contributed by atoms with Crippen LogP contribution in [0, 0.1) is 6.92 Å². The third-order valence-corrected chi connectivity index (χ3v) is 5.05. The summed E-state index contributed by atoms with van der Waals surface area (Å²) in [6.45, 7) is 4.11. The zero-order valence-corrected chi connectivity index (χ0v) is 12.8. The van der Waals surface area contributed by atoms with Crippen molar-refractivity contribution >= 4 is 33.3 Å². The maximum Gasteiger partial charge on any atom is 0.260 e. The largest absolute Gasteiger partial charge is 0.301 e. The van der Waals surface area contributed by atoms with Crippen molar-refractivity contribution in [3.05, 3.63) is 57.2 Å². The normalized spacial score (nSPS) is 12.7. The van der Waals surface area contributed by atoms with Gasteiger partial charge in [-0.15, -0.1) is 11.3 Å². The highest BCUT2D eigenvalue weighted by Gasteiger charge is 2.11. The lowest BCUT2D eigenvalue weighted by Gasteiger charge is -2.10. The highest BCUT2D eigenvalue weighted by Crippen LogP contribution is 2.33. The zero-order valence-electron chi connectivity index (χ0n) is 11.2. The van der Waals surface area contributed by atoms with E-state index in [1.807, 2.05) is 31.2 Å². The highest BCUT2D eigenvalue weighted by atomic mass is 32.2. The molecule has 0 saturated carbocycles. The number of rotatable bonds is 3. The van der Waals surface area contributed by atoms with Crippen LogP contribution in [0.15, 0.2) is 46.3 Å². The quantitative estimate of drug-likeness (QED) is 0.584. The summed E-state index contributed by atoms with van der Waals surface area (Å²) in [5.41, 5.74) is 1.17. The number of thiophene rings is 1. The maximum absolute atomic E-state index is 12.0. The number of nitrogens with zero attached hydrogens (tertiary/aromatic N) is 1. The van der Waals surface area contributed by atoms with Crippen LogP contribution in [0.25, 0.3) is 10.2 Å². The van der Waals surface area contributed by atoms with Gasteiger partial charge in [0.15, 0.2) is 5.16 Å². The molecular weight excluding hydrogens is 288 g/mol. The Morgan fingerprint density at radius 2 is 2.05 bits per heavy atom. The first-order chi connectivity index (χ1) is 9.63. The van der Waals surface area contributed by atoms with Gasteiger partial charge in [0.1, 0.15) is 4.83 Å². The predicted molar refractivity (Wildman–Crippen MR) is 85.7 cm³/mol. The monoisotopic (exact) mass is 302 g/mol. The minimum atomic E-state index is -0.0536. The molecule has 1 atom stereocenters. The smallest absolute Gasteiger partial charge is 0.260 e. The highest BCUT2D eigenvalue weighted by molar-refractivity contribution is 7.99. The van der Waals surface area contributed by atoms with Crippen LogP contribution in [0.3, 0.4) is 0 Å². The Kier molecular flexibility index (Phi) is 3.63. The molecular formula is C15H14N2OS2. The summed E-state index contributed by atoms with van der Waals surface area (Å²) < 4.78 is 0. The van der Waals surface area contributed by atoms with E-state index in [4.69, 9.17) is 0 Å². The van der Waals surface area contributed by atoms with Crippen molar-refractivity contribution in [2.24, 2.45) is 0 Å². The van der Waals surface area contributed by atoms with Gasteiger partial charge in [0.05, 0.1) is 5.39 Å². The molecule has 102 valence electrons. The van der Waals surface area contributed by atoms with E-state index >= 15 is 0 Å². The first kappa shape index (κ1) is 13.4. The van der Waals surface area contributed by atoms with Gasteiger partial charge in [-0.25, -0.2) is 4.98 Å². The summed E-state index contributed by atoms with van der Waals surface area (Å²) in [5, 5.41) is 1.61. The third-order valence-electron chi connectivity index (χ3n) is 3.06. The summed E-state index contributed by atoms with van der Waals surface area (Å²) >= 11 is 3.13. The fourth-order valence-corrected chi connectivity index (χ4v) is 3.91. The Labute approximate surface area is 125 Å². The molecule has 1 unspecified atom stereocenters. The Bertz CT molecular complexity index is 792. The Balaban J connectivity index is 1.93. The van der Waals surface area contributed by atoms with E-state index in [9.17, 15) is 4.79 Å². The predicted octanol–water partition coefficient (Wildman–Crippen LogP) is 4.15. The number of fused-ring (bicyclic) bond motifs is 1. The average Bonchev–Trinajstić information content (AvgIpc) is 2.81. The van der Waals surface area contributed by atoms with E-state index in [1.54, 1.807) is 23.1 Å². The molecule has 2 heterocycles. The van der Waals surface area contributed by atoms with Crippen LogP contribution in [0.2, 0.25) is 0 Å². The van der Waals surface area contributed by atoms with Gasteiger partial charge >= 0.3 is 0 Å². The average molecular weight is 302 g/mol. The van der Waals surface area contributed by atoms with Crippen molar-refractivity contribution < 1.29 is 0 Å². The van der Waals surface area contributed by atoms with E-state index in [0.29, 0.717) is 10.5 Å². The Morgan fingerprint density at radius 1 is 1.30 bits per heavy atom. The van der Waals surface area contributed by atoms with Gasteiger partial charge in [-0.2, -0.15) is 0 Å². The van der Waals surface area contributed by atoms with Crippen molar-refractivity contribution in [1.29, 1.82) is 0 Å². The standard InChI is InChI=1S/C15H14N2OS2/c1-9-8-12-13(18)16-15(17-14(12)19-9)20-10(2)11-6-4-3-5-7-11/h3-8,10H,1-2H3,(H,16,17,18). The molecule has 0 amide bonds. The molecule has 0 fully saturated rings. The number of nitrogens with one attached hydrogen (secondary N) is 1. The topological polar surface area (TPSA) is 45.8 Å². The Morgan fingerprint density at radius 3 is 2.80 bits per heavy atom. The number of H-pyrrole nitrogens is 1. The molecule has 0 aliphatic heterocycles. The van der Waals surface area contributed by atoms with E-state index in [0.717, 1.165) is 9.71 Å². The van der Waals surface area contributed by atoms with Crippen LogP contribution < -0.4 is 5.56 Å². The lowest BCUT2D eigenvalue weighted by atomic mass is 10.2. The fourth-order valence-electron chi connectivity index (χ4n) is 2.05. The lowest BCUT2D eigenvalue weighted by molar-refractivity contribution is 0.963. The number of aromatic amines is 1. The van der Waals surface area contributed by atoms with Crippen molar-refractivity contribution in [3.8, 4) is 0 Å². The van der Waals surface area contributed by atoms with Gasteiger partial charge in [-0.05, 0) is 25.5 Å². The summed E-state index contributed by atoms with van der Waals surface area (Å²) in [6.07, 6.45) is 0. The Hall–Kier alpha value is -1.59. The molecule has 3 aromatic rings. The summed E-state index contributed by atoms with van der Waals surface area (Å²) in [6, 6.07) is 12.1. The zero-order chi connectivity index (χ0) is 14.1. The van der Waals surface area contributed by atoms with Gasteiger partial charge in [-0.3, -0.25) is 4.79 Å². The van der Waals surface area contributed by atoms with Crippen molar-refractivity contribution in [1.82, 2.24) is 9.97 Å². The van der Waals surface area contributed by atoms with Gasteiger partial charge < -0.3 is 4.98 Å². The summed E-state index contributed by atoms with van der Waals surface area (Å²) in [7, 11) is 0. The number of hydrogen-bond donors (Lipinski definition) is 1. The second kappa shape index (κ2) is 5.42. The van der Waals surface area contributed by atoms with Crippen molar-refractivity contribution in [2.75, 3.05) is 0 Å².